The predicted molar refractivity (Wildman–Crippen MR) is 58.5 cm³/mol. The van der Waals surface area contributed by atoms with Crippen LogP contribution in [-0.4, -0.2) is 24.8 Å². The van der Waals surface area contributed by atoms with Crippen LogP contribution < -0.4 is 0 Å². The second kappa shape index (κ2) is 4.52. The molecule has 0 aromatic heterocycles. The maximum atomic E-state index is 10.7. The molecule has 2 atom stereocenters. The van der Waals surface area contributed by atoms with E-state index in [1.807, 2.05) is 0 Å². The zero-order valence-electron chi connectivity index (χ0n) is 10.4. The molecule has 0 unspecified atom stereocenters. The third kappa shape index (κ3) is 2.94. The highest BCUT2D eigenvalue weighted by Gasteiger charge is 2.49. The summed E-state index contributed by atoms with van der Waals surface area (Å²) in [6, 6.07) is 0. The number of hydrogen-bond donors (Lipinski definition) is 0. The van der Waals surface area contributed by atoms with Crippen LogP contribution in [0.2, 0.25) is 0 Å². The zero-order valence-corrected chi connectivity index (χ0v) is 10.4. The molecule has 1 aliphatic heterocycles. The second-order valence-corrected chi connectivity index (χ2v) is 5.37. The molecule has 1 saturated heterocycles. The van der Waals surface area contributed by atoms with Crippen LogP contribution in [0.5, 0.6) is 0 Å². The van der Waals surface area contributed by atoms with Crippen molar-refractivity contribution in [3.63, 3.8) is 0 Å². The van der Waals surface area contributed by atoms with E-state index in [1.165, 1.54) is 6.92 Å². The van der Waals surface area contributed by atoms with Crippen molar-refractivity contribution in [3.8, 4) is 0 Å². The SMILES string of the molecule is CC(=O)OC[C@@H]1O[C@H](CC(C)C)C1(C)C. The Morgan fingerprint density at radius 3 is 2.40 bits per heavy atom. The fourth-order valence-electron chi connectivity index (χ4n) is 1.92. The van der Waals surface area contributed by atoms with Crippen molar-refractivity contribution in [1.29, 1.82) is 0 Å². The summed E-state index contributed by atoms with van der Waals surface area (Å²) in [5.41, 5.74) is 0.125. The van der Waals surface area contributed by atoms with Gasteiger partial charge in [-0.1, -0.05) is 27.7 Å². The van der Waals surface area contributed by atoms with Crippen LogP contribution >= 0.6 is 0 Å². The van der Waals surface area contributed by atoms with Gasteiger partial charge in [0.1, 0.15) is 6.61 Å². The molecule has 88 valence electrons. The normalized spacial score (nSPS) is 28.7. The molecule has 1 aliphatic rings. The minimum Gasteiger partial charge on any atom is -0.463 e. The lowest BCUT2D eigenvalue weighted by Crippen LogP contribution is -2.58. The van der Waals surface area contributed by atoms with Crippen molar-refractivity contribution in [3.05, 3.63) is 0 Å². The molecule has 1 fully saturated rings. The Hall–Kier alpha value is -0.570. The molecule has 0 spiro atoms. The maximum Gasteiger partial charge on any atom is 0.302 e. The topological polar surface area (TPSA) is 35.5 Å². The van der Waals surface area contributed by atoms with Crippen LogP contribution in [0, 0.1) is 11.3 Å². The largest absolute Gasteiger partial charge is 0.463 e. The van der Waals surface area contributed by atoms with Crippen molar-refractivity contribution in [2.45, 2.75) is 53.2 Å². The molecule has 15 heavy (non-hydrogen) atoms. The van der Waals surface area contributed by atoms with Crippen LogP contribution in [0.3, 0.4) is 0 Å². The molecule has 0 aromatic carbocycles. The van der Waals surface area contributed by atoms with Gasteiger partial charge in [0, 0.05) is 12.3 Å². The molecular weight excluding hydrogens is 192 g/mol. The zero-order chi connectivity index (χ0) is 11.6. The first kappa shape index (κ1) is 12.5. The molecule has 0 saturated carbocycles. The van der Waals surface area contributed by atoms with Gasteiger partial charge >= 0.3 is 5.97 Å². The molecule has 3 heteroatoms. The highest BCUT2D eigenvalue weighted by Crippen LogP contribution is 2.43. The van der Waals surface area contributed by atoms with Gasteiger partial charge < -0.3 is 9.47 Å². The highest BCUT2D eigenvalue weighted by atomic mass is 16.6. The minimum absolute atomic E-state index is 0.0603. The van der Waals surface area contributed by atoms with Gasteiger partial charge in [0.2, 0.25) is 0 Å². The Morgan fingerprint density at radius 2 is 2.00 bits per heavy atom. The molecular formula is C12H22O3. The molecule has 1 heterocycles. The molecule has 1 rings (SSSR count). The van der Waals surface area contributed by atoms with Crippen LogP contribution in [-0.2, 0) is 14.3 Å². The molecule has 3 nitrogen and oxygen atoms in total. The van der Waals surface area contributed by atoms with Gasteiger partial charge in [0.15, 0.2) is 0 Å². The number of carbonyl (C=O) groups is 1. The predicted octanol–water partition coefficient (Wildman–Crippen LogP) is 2.39. The number of rotatable bonds is 4. The fourth-order valence-corrected chi connectivity index (χ4v) is 1.92. The van der Waals surface area contributed by atoms with E-state index in [1.54, 1.807) is 0 Å². The average molecular weight is 214 g/mol. The standard InChI is InChI=1S/C12H22O3/c1-8(2)6-10-12(4,5)11(15-10)7-14-9(3)13/h8,10-11H,6-7H2,1-5H3/t10-,11+/m1/s1. The Morgan fingerprint density at radius 1 is 1.40 bits per heavy atom. The van der Waals surface area contributed by atoms with E-state index in [-0.39, 0.29) is 17.5 Å². The third-order valence-electron chi connectivity index (χ3n) is 3.11. The summed E-state index contributed by atoms with van der Waals surface area (Å²) in [5, 5.41) is 0. The highest BCUT2D eigenvalue weighted by molar-refractivity contribution is 5.65. The monoisotopic (exact) mass is 214 g/mol. The lowest BCUT2D eigenvalue weighted by Gasteiger charge is -2.52. The number of ether oxygens (including phenoxy) is 2. The molecule has 0 aromatic rings. The number of carbonyl (C=O) groups excluding carboxylic acids is 1. The Bertz CT molecular complexity index is 233. The van der Waals surface area contributed by atoms with Gasteiger partial charge in [-0.15, -0.1) is 0 Å². The van der Waals surface area contributed by atoms with Crippen molar-refractivity contribution >= 4 is 5.97 Å². The van der Waals surface area contributed by atoms with Crippen molar-refractivity contribution < 1.29 is 14.3 Å². The van der Waals surface area contributed by atoms with E-state index in [4.69, 9.17) is 9.47 Å². The van der Waals surface area contributed by atoms with Gasteiger partial charge in [-0.2, -0.15) is 0 Å². The van der Waals surface area contributed by atoms with Gasteiger partial charge in [-0.3, -0.25) is 4.79 Å². The second-order valence-electron chi connectivity index (χ2n) is 5.37. The van der Waals surface area contributed by atoms with E-state index in [2.05, 4.69) is 27.7 Å². The molecule has 0 aliphatic carbocycles. The van der Waals surface area contributed by atoms with Crippen LogP contribution in [0.25, 0.3) is 0 Å². The quantitative estimate of drug-likeness (QED) is 0.674. The third-order valence-corrected chi connectivity index (χ3v) is 3.11. The molecule has 0 N–H and O–H groups in total. The lowest BCUT2D eigenvalue weighted by atomic mass is 9.72. The Labute approximate surface area is 92.1 Å². The summed E-state index contributed by atoms with van der Waals surface area (Å²) in [7, 11) is 0. The Kier molecular flexibility index (Phi) is 3.77. The number of hydrogen-bond acceptors (Lipinski definition) is 3. The molecule has 0 bridgehead atoms. The summed E-state index contributed by atoms with van der Waals surface area (Å²) in [6.07, 6.45) is 1.44. The summed E-state index contributed by atoms with van der Waals surface area (Å²) in [6.45, 7) is 10.6. The summed E-state index contributed by atoms with van der Waals surface area (Å²) in [5.74, 6) is 0.408. The van der Waals surface area contributed by atoms with Gasteiger partial charge in [0.25, 0.3) is 0 Å². The van der Waals surface area contributed by atoms with Crippen LogP contribution in [0.1, 0.15) is 41.0 Å². The summed E-state index contributed by atoms with van der Waals surface area (Å²) in [4.78, 5) is 10.7. The number of esters is 1. The first-order valence-corrected chi connectivity index (χ1v) is 5.63. The Balaban J connectivity index is 2.37. The van der Waals surface area contributed by atoms with E-state index in [0.29, 0.717) is 18.6 Å². The first-order chi connectivity index (χ1) is 6.84. The summed E-state index contributed by atoms with van der Waals surface area (Å²) >= 11 is 0. The van der Waals surface area contributed by atoms with Crippen LogP contribution in [0.4, 0.5) is 0 Å². The lowest BCUT2D eigenvalue weighted by molar-refractivity contribution is -0.253. The maximum absolute atomic E-state index is 10.7. The average Bonchev–Trinajstić information content (AvgIpc) is 2.09. The van der Waals surface area contributed by atoms with E-state index < -0.39 is 0 Å². The fraction of sp³-hybridized carbons (Fsp3) is 0.917. The van der Waals surface area contributed by atoms with Gasteiger partial charge in [-0.05, 0) is 12.3 Å². The minimum atomic E-state index is -0.235. The van der Waals surface area contributed by atoms with E-state index >= 15 is 0 Å². The molecule has 0 radical (unpaired) electrons. The van der Waals surface area contributed by atoms with Gasteiger partial charge in [0.05, 0.1) is 12.2 Å². The smallest absolute Gasteiger partial charge is 0.302 e. The molecule has 0 amide bonds. The first-order valence-electron chi connectivity index (χ1n) is 5.63. The van der Waals surface area contributed by atoms with E-state index in [0.717, 1.165) is 6.42 Å². The van der Waals surface area contributed by atoms with Crippen LogP contribution in [0.15, 0.2) is 0 Å². The van der Waals surface area contributed by atoms with E-state index in [9.17, 15) is 4.79 Å². The van der Waals surface area contributed by atoms with Crippen molar-refractivity contribution in [2.75, 3.05) is 6.61 Å². The van der Waals surface area contributed by atoms with Crippen molar-refractivity contribution in [1.82, 2.24) is 0 Å². The van der Waals surface area contributed by atoms with Crippen molar-refractivity contribution in [2.24, 2.45) is 11.3 Å². The van der Waals surface area contributed by atoms with Gasteiger partial charge in [-0.25, -0.2) is 0 Å². The summed E-state index contributed by atoms with van der Waals surface area (Å²) < 4.78 is 10.7.